The van der Waals surface area contributed by atoms with Crippen molar-refractivity contribution in [3.05, 3.63) is 59.7 Å². The average Bonchev–Trinajstić information content (AvgIpc) is 3.16. The van der Waals surface area contributed by atoms with Crippen LogP contribution in [0.15, 0.2) is 42.9 Å². The van der Waals surface area contributed by atoms with Gasteiger partial charge < -0.3 is 0 Å². The molecule has 7 nitrogen and oxygen atoms in total. The number of amides is 1. The second-order valence-corrected chi connectivity index (χ2v) is 5.27. The highest BCUT2D eigenvalue weighted by molar-refractivity contribution is 6.01. The largest absolute Gasteiger partial charge is 0.288 e. The summed E-state index contributed by atoms with van der Waals surface area (Å²) < 4.78 is 3.38. The Balaban J connectivity index is 1.66. The maximum atomic E-state index is 12.1. The van der Waals surface area contributed by atoms with Crippen LogP contribution in [0.1, 0.15) is 28.5 Å². The Labute approximate surface area is 134 Å². The molecule has 118 valence electrons. The minimum atomic E-state index is -0.314. The third kappa shape index (κ3) is 3.63. The minimum absolute atomic E-state index is 0.272. The van der Waals surface area contributed by atoms with Gasteiger partial charge in [0.05, 0.1) is 6.54 Å². The highest BCUT2D eigenvalue weighted by atomic mass is 16.2. The molecule has 1 amide bonds. The molecule has 0 radical (unpaired) electrons. The number of nitrogens with one attached hydrogen (secondary N) is 1. The number of hydrogen-bond acceptors (Lipinski definition) is 4. The van der Waals surface area contributed by atoms with Crippen LogP contribution >= 0.6 is 0 Å². The third-order valence-corrected chi connectivity index (χ3v) is 3.39. The molecule has 2 heterocycles. The van der Waals surface area contributed by atoms with Crippen molar-refractivity contribution in [2.45, 2.75) is 26.9 Å². The predicted molar refractivity (Wildman–Crippen MR) is 86.2 cm³/mol. The quantitative estimate of drug-likeness (QED) is 0.783. The predicted octanol–water partition coefficient (Wildman–Crippen LogP) is 2.10. The molecule has 0 aliphatic rings. The molecule has 3 rings (SSSR count). The van der Waals surface area contributed by atoms with E-state index in [-0.39, 0.29) is 11.9 Å². The maximum Gasteiger partial charge on any atom is 0.278 e. The van der Waals surface area contributed by atoms with Gasteiger partial charge in [-0.25, -0.2) is 9.67 Å². The standard InChI is InChI=1S/C16H18N6O/c1-3-21-8-7-14(19-21)15(23)18-16-17-11-22(20-16)10-13-6-4-5-12(2)9-13/h4-9,11H,3,10H2,1-2H3,(H,18,20,23). The number of aromatic nitrogens is 5. The van der Waals surface area contributed by atoms with Gasteiger partial charge in [0.25, 0.3) is 5.91 Å². The number of anilines is 1. The number of aryl methyl sites for hydroxylation is 2. The number of nitrogens with zero attached hydrogens (tertiary/aromatic N) is 5. The lowest BCUT2D eigenvalue weighted by Gasteiger charge is -2.02. The smallest absolute Gasteiger partial charge is 0.278 e. The Kier molecular flexibility index (Phi) is 4.18. The molecule has 0 saturated carbocycles. The molecule has 0 unspecified atom stereocenters. The molecule has 0 fully saturated rings. The zero-order chi connectivity index (χ0) is 16.2. The lowest BCUT2D eigenvalue weighted by Crippen LogP contribution is -2.14. The minimum Gasteiger partial charge on any atom is -0.288 e. The van der Waals surface area contributed by atoms with Crippen LogP contribution in [-0.4, -0.2) is 30.5 Å². The van der Waals surface area contributed by atoms with Crippen molar-refractivity contribution in [1.29, 1.82) is 0 Å². The van der Waals surface area contributed by atoms with E-state index >= 15 is 0 Å². The van der Waals surface area contributed by atoms with Gasteiger partial charge in [-0.1, -0.05) is 29.8 Å². The summed E-state index contributed by atoms with van der Waals surface area (Å²) in [5.74, 6) is -0.0424. The Hall–Kier alpha value is -2.96. The van der Waals surface area contributed by atoms with Crippen LogP contribution in [0.2, 0.25) is 0 Å². The molecule has 1 aromatic carbocycles. The average molecular weight is 310 g/mol. The second-order valence-electron chi connectivity index (χ2n) is 5.27. The first-order chi connectivity index (χ1) is 11.1. The summed E-state index contributed by atoms with van der Waals surface area (Å²) in [6.45, 7) is 5.33. The maximum absolute atomic E-state index is 12.1. The van der Waals surface area contributed by atoms with E-state index < -0.39 is 0 Å². The lowest BCUT2D eigenvalue weighted by atomic mass is 10.1. The third-order valence-electron chi connectivity index (χ3n) is 3.39. The van der Waals surface area contributed by atoms with Gasteiger partial charge in [0.2, 0.25) is 5.95 Å². The summed E-state index contributed by atoms with van der Waals surface area (Å²) in [6.07, 6.45) is 3.36. The van der Waals surface area contributed by atoms with Gasteiger partial charge >= 0.3 is 0 Å². The zero-order valence-corrected chi connectivity index (χ0v) is 13.1. The summed E-state index contributed by atoms with van der Waals surface area (Å²) in [7, 11) is 0. The van der Waals surface area contributed by atoms with Crippen LogP contribution in [0.5, 0.6) is 0 Å². The Morgan fingerprint density at radius 1 is 1.22 bits per heavy atom. The van der Waals surface area contributed by atoms with E-state index in [1.165, 1.54) is 5.56 Å². The highest BCUT2D eigenvalue weighted by Crippen LogP contribution is 2.07. The zero-order valence-electron chi connectivity index (χ0n) is 13.1. The first kappa shape index (κ1) is 15.0. The molecular weight excluding hydrogens is 292 g/mol. The number of hydrogen-bond donors (Lipinski definition) is 1. The molecule has 3 aromatic rings. The number of carbonyl (C=O) groups excluding carboxylic acids is 1. The van der Waals surface area contributed by atoms with Gasteiger partial charge in [-0.2, -0.15) is 5.10 Å². The number of carbonyl (C=O) groups is 1. The van der Waals surface area contributed by atoms with E-state index in [1.54, 1.807) is 28.0 Å². The van der Waals surface area contributed by atoms with E-state index in [0.29, 0.717) is 12.2 Å². The summed E-state index contributed by atoms with van der Waals surface area (Å²) in [4.78, 5) is 16.2. The summed E-state index contributed by atoms with van der Waals surface area (Å²) in [5.41, 5.74) is 2.68. The SMILES string of the molecule is CCn1ccc(C(=O)Nc2ncn(Cc3cccc(C)c3)n2)n1. The Morgan fingerprint density at radius 3 is 2.83 bits per heavy atom. The van der Waals surface area contributed by atoms with Gasteiger partial charge in [0, 0.05) is 12.7 Å². The summed E-state index contributed by atoms with van der Waals surface area (Å²) in [5, 5.41) is 11.1. The van der Waals surface area contributed by atoms with Crippen molar-refractivity contribution in [3.8, 4) is 0 Å². The van der Waals surface area contributed by atoms with Crippen LogP contribution < -0.4 is 5.32 Å². The molecule has 1 N–H and O–H groups in total. The van der Waals surface area contributed by atoms with Crippen molar-refractivity contribution in [2.24, 2.45) is 0 Å². The van der Waals surface area contributed by atoms with Crippen LogP contribution in [0.4, 0.5) is 5.95 Å². The fourth-order valence-corrected chi connectivity index (χ4v) is 2.25. The lowest BCUT2D eigenvalue weighted by molar-refractivity contribution is 0.102. The van der Waals surface area contributed by atoms with Gasteiger partial charge in [0.1, 0.15) is 6.33 Å². The van der Waals surface area contributed by atoms with Crippen LogP contribution in [-0.2, 0) is 13.1 Å². The van der Waals surface area contributed by atoms with Gasteiger partial charge in [-0.05, 0) is 25.5 Å². The topological polar surface area (TPSA) is 77.6 Å². The van der Waals surface area contributed by atoms with Gasteiger partial charge in [-0.3, -0.25) is 14.8 Å². The fraction of sp³-hybridized carbons (Fsp3) is 0.250. The second kappa shape index (κ2) is 6.43. The van der Waals surface area contributed by atoms with Crippen molar-refractivity contribution in [1.82, 2.24) is 24.5 Å². The fourth-order valence-electron chi connectivity index (χ4n) is 2.25. The summed E-state index contributed by atoms with van der Waals surface area (Å²) >= 11 is 0. The molecule has 2 aromatic heterocycles. The van der Waals surface area contributed by atoms with Crippen molar-refractivity contribution < 1.29 is 4.79 Å². The molecule has 0 aliphatic carbocycles. The molecule has 0 atom stereocenters. The Bertz CT molecular complexity index is 819. The van der Waals surface area contributed by atoms with E-state index in [4.69, 9.17) is 0 Å². The van der Waals surface area contributed by atoms with Crippen molar-refractivity contribution in [2.75, 3.05) is 5.32 Å². The highest BCUT2D eigenvalue weighted by Gasteiger charge is 2.12. The molecule has 23 heavy (non-hydrogen) atoms. The van der Waals surface area contributed by atoms with E-state index in [0.717, 1.165) is 12.1 Å². The first-order valence-corrected chi connectivity index (χ1v) is 7.44. The van der Waals surface area contributed by atoms with Crippen LogP contribution in [0.3, 0.4) is 0 Å². The van der Waals surface area contributed by atoms with E-state index in [2.05, 4.69) is 26.6 Å². The Morgan fingerprint density at radius 2 is 2.09 bits per heavy atom. The van der Waals surface area contributed by atoms with Gasteiger partial charge in [0.15, 0.2) is 5.69 Å². The number of benzene rings is 1. The monoisotopic (exact) mass is 310 g/mol. The molecule has 0 aliphatic heterocycles. The van der Waals surface area contributed by atoms with Crippen molar-refractivity contribution >= 4 is 11.9 Å². The normalized spacial score (nSPS) is 10.7. The summed E-state index contributed by atoms with van der Waals surface area (Å²) in [6, 6.07) is 9.85. The molecule has 0 spiro atoms. The first-order valence-electron chi connectivity index (χ1n) is 7.44. The van der Waals surface area contributed by atoms with Crippen LogP contribution in [0.25, 0.3) is 0 Å². The van der Waals surface area contributed by atoms with Crippen molar-refractivity contribution in [3.63, 3.8) is 0 Å². The molecule has 7 heteroatoms. The van der Waals surface area contributed by atoms with Gasteiger partial charge in [-0.15, -0.1) is 5.10 Å². The van der Waals surface area contributed by atoms with Crippen LogP contribution in [0, 0.1) is 6.92 Å². The molecule has 0 bridgehead atoms. The molecule has 0 saturated heterocycles. The number of rotatable bonds is 5. The molecular formula is C16H18N6O. The van der Waals surface area contributed by atoms with E-state index in [9.17, 15) is 4.79 Å². The van der Waals surface area contributed by atoms with E-state index in [1.807, 2.05) is 32.0 Å².